The number of nitrogens with one attached hydrogen (secondary N) is 1. The lowest BCUT2D eigenvalue weighted by Gasteiger charge is -2.25. The van der Waals surface area contributed by atoms with Crippen LogP contribution in [0.2, 0.25) is 0 Å². The Morgan fingerprint density at radius 2 is 2.00 bits per heavy atom. The second kappa shape index (κ2) is 4.25. The van der Waals surface area contributed by atoms with Gasteiger partial charge < -0.3 is 16.8 Å². The van der Waals surface area contributed by atoms with Gasteiger partial charge in [-0.15, -0.1) is 0 Å². The van der Waals surface area contributed by atoms with Gasteiger partial charge in [-0.3, -0.25) is 0 Å². The standard InChI is InChI=1S/C11H20BN3/c1-7-4-9(5-10(13)8(7)2)6-11(12,14)15-3/h4-5,15H,6,12-14H2,1-3H3. The Morgan fingerprint density at radius 3 is 2.47 bits per heavy atom. The minimum absolute atomic E-state index is 0.381. The summed E-state index contributed by atoms with van der Waals surface area (Å²) in [6.45, 7) is 4.11. The lowest BCUT2D eigenvalue weighted by molar-refractivity contribution is 0.512. The number of hydrogen-bond donors (Lipinski definition) is 3. The number of rotatable bonds is 3. The molecule has 0 aliphatic rings. The van der Waals surface area contributed by atoms with Crippen molar-refractivity contribution in [2.45, 2.75) is 25.8 Å². The summed E-state index contributed by atoms with van der Waals surface area (Å²) in [6, 6.07) is 4.15. The Labute approximate surface area is 92.6 Å². The van der Waals surface area contributed by atoms with E-state index in [9.17, 15) is 0 Å². The quantitative estimate of drug-likeness (QED) is 0.366. The second-order valence-corrected chi connectivity index (χ2v) is 4.47. The molecule has 0 saturated heterocycles. The molecule has 0 saturated carbocycles. The first kappa shape index (κ1) is 12.1. The Balaban J connectivity index is 2.98. The number of nitrogens with two attached hydrogens (primary N) is 2. The van der Waals surface area contributed by atoms with Gasteiger partial charge in [-0.2, -0.15) is 0 Å². The molecule has 0 aromatic heterocycles. The Bertz CT molecular complexity index is 338. The highest BCUT2D eigenvalue weighted by Gasteiger charge is 2.16. The Morgan fingerprint density at radius 1 is 1.40 bits per heavy atom. The molecule has 5 N–H and O–H groups in total. The van der Waals surface area contributed by atoms with Crippen LogP contribution >= 0.6 is 0 Å². The summed E-state index contributed by atoms with van der Waals surface area (Å²) >= 11 is 0. The number of benzene rings is 1. The minimum Gasteiger partial charge on any atom is -0.398 e. The maximum Gasteiger partial charge on any atom is 0.146 e. The van der Waals surface area contributed by atoms with Crippen LogP contribution in [0.3, 0.4) is 0 Å². The zero-order chi connectivity index (χ0) is 11.6. The van der Waals surface area contributed by atoms with E-state index in [0.717, 1.165) is 17.7 Å². The fourth-order valence-corrected chi connectivity index (χ4v) is 1.58. The molecule has 82 valence electrons. The van der Waals surface area contributed by atoms with E-state index in [1.807, 2.05) is 27.9 Å². The fourth-order valence-electron chi connectivity index (χ4n) is 1.58. The van der Waals surface area contributed by atoms with Gasteiger partial charge in [0.05, 0.1) is 0 Å². The van der Waals surface area contributed by atoms with Crippen LogP contribution in [0.4, 0.5) is 5.69 Å². The van der Waals surface area contributed by atoms with Crippen molar-refractivity contribution in [3.8, 4) is 0 Å². The molecule has 0 amide bonds. The molecule has 0 fully saturated rings. The third kappa shape index (κ3) is 2.98. The first-order valence-electron chi connectivity index (χ1n) is 5.19. The molecule has 0 radical (unpaired) electrons. The van der Waals surface area contributed by atoms with Crippen molar-refractivity contribution in [3.63, 3.8) is 0 Å². The molecule has 1 aromatic carbocycles. The summed E-state index contributed by atoms with van der Waals surface area (Å²) in [5.41, 5.74) is 16.0. The van der Waals surface area contributed by atoms with Gasteiger partial charge in [0, 0.05) is 11.2 Å². The summed E-state index contributed by atoms with van der Waals surface area (Å²) < 4.78 is 0. The third-order valence-electron chi connectivity index (χ3n) is 2.91. The molecule has 15 heavy (non-hydrogen) atoms. The van der Waals surface area contributed by atoms with E-state index in [1.54, 1.807) is 0 Å². The highest BCUT2D eigenvalue weighted by molar-refractivity contribution is 6.14. The Hall–Kier alpha value is -0.995. The SMILES string of the molecule is BC(N)(Cc1cc(C)c(C)c(N)c1)NC. The average molecular weight is 205 g/mol. The summed E-state index contributed by atoms with van der Waals surface area (Å²) in [4.78, 5) is 0. The number of anilines is 1. The van der Waals surface area contributed by atoms with Crippen molar-refractivity contribution in [2.75, 3.05) is 12.8 Å². The van der Waals surface area contributed by atoms with Crippen LogP contribution in [0.5, 0.6) is 0 Å². The monoisotopic (exact) mass is 205 g/mol. The summed E-state index contributed by atoms with van der Waals surface area (Å²) in [7, 11) is 3.84. The van der Waals surface area contributed by atoms with E-state index in [4.69, 9.17) is 11.5 Å². The molecule has 0 bridgehead atoms. The zero-order valence-electron chi connectivity index (χ0n) is 10.0. The van der Waals surface area contributed by atoms with E-state index in [-0.39, 0.29) is 5.56 Å². The molecule has 0 aliphatic carbocycles. The molecule has 4 heteroatoms. The molecule has 1 rings (SSSR count). The van der Waals surface area contributed by atoms with E-state index in [1.165, 1.54) is 11.1 Å². The van der Waals surface area contributed by atoms with Crippen molar-refractivity contribution in [1.82, 2.24) is 5.32 Å². The van der Waals surface area contributed by atoms with Gasteiger partial charge >= 0.3 is 0 Å². The van der Waals surface area contributed by atoms with E-state index >= 15 is 0 Å². The van der Waals surface area contributed by atoms with Crippen molar-refractivity contribution in [1.29, 1.82) is 0 Å². The smallest absolute Gasteiger partial charge is 0.146 e. The summed E-state index contributed by atoms with van der Waals surface area (Å²) in [5, 5.41) is 3.08. The molecule has 1 aromatic rings. The molecule has 0 heterocycles. The van der Waals surface area contributed by atoms with Crippen LogP contribution in [0.15, 0.2) is 12.1 Å². The lowest BCUT2D eigenvalue weighted by atomic mass is 9.82. The molecule has 1 atom stereocenters. The molecule has 3 nitrogen and oxygen atoms in total. The Kier molecular flexibility index (Phi) is 3.42. The van der Waals surface area contributed by atoms with Gasteiger partial charge in [-0.05, 0) is 50.1 Å². The topological polar surface area (TPSA) is 64.1 Å². The third-order valence-corrected chi connectivity index (χ3v) is 2.91. The van der Waals surface area contributed by atoms with Crippen LogP contribution in [0.1, 0.15) is 16.7 Å². The van der Waals surface area contributed by atoms with Crippen LogP contribution in [0, 0.1) is 13.8 Å². The molecular weight excluding hydrogens is 185 g/mol. The highest BCUT2D eigenvalue weighted by Crippen LogP contribution is 2.19. The number of nitrogen functional groups attached to an aromatic ring is 1. The van der Waals surface area contributed by atoms with Crippen LogP contribution in [-0.2, 0) is 6.42 Å². The minimum atomic E-state index is -0.381. The van der Waals surface area contributed by atoms with Crippen LogP contribution in [0.25, 0.3) is 0 Å². The van der Waals surface area contributed by atoms with Crippen molar-refractivity contribution in [2.24, 2.45) is 5.73 Å². The summed E-state index contributed by atoms with van der Waals surface area (Å²) in [6.07, 6.45) is 0.773. The van der Waals surface area contributed by atoms with E-state index in [0.29, 0.717) is 0 Å². The van der Waals surface area contributed by atoms with Gasteiger partial charge in [0.15, 0.2) is 0 Å². The fraction of sp³-hybridized carbons (Fsp3) is 0.455. The first-order chi connectivity index (χ1) is 6.85. The van der Waals surface area contributed by atoms with Crippen molar-refractivity contribution in [3.05, 3.63) is 28.8 Å². The van der Waals surface area contributed by atoms with Gasteiger partial charge in [0.2, 0.25) is 0 Å². The molecule has 0 spiro atoms. The molecule has 1 unspecified atom stereocenters. The van der Waals surface area contributed by atoms with Crippen molar-refractivity contribution < 1.29 is 0 Å². The number of aryl methyl sites for hydroxylation is 1. The highest BCUT2D eigenvalue weighted by atomic mass is 15.0. The van der Waals surface area contributed by atoms with Crippen LogP contribution < -0.4 is 16.8 Å². The maximum absolute atomic E-state index is 6.03. The van der Waals surface area contributed by atoms with E-state index in [2.05, 4.69) is 18.3 Å². The average Bonchev–Trinajstić information content (AvgIpc) is 2.13. The molecular formula is C11H20BN3. The maximum atomic E-state index is 6.03. The number of likely N-dealkylation sites (N-methyl/N-ethyl adjacent to an activating group) is 1. The number of hydrogen-bond acceptors (Lipinski definition) is 3. The first-order valence-corrected chi connectivity index (χ1v) is 5.19. The lowest BCUT2D eigenvalue weighted by Crippen LogP contribution is -2.54. The second-order valence-electron chi connectivity index (χ2n) is 4.47. The van der Waals surface area contributed by atoms with Gasteiger partial charge in [-0.1, -0.05) is 6.07 Å². The predicted molar refractivity (Wildman–Crippen MR) is 68.6 cm³/mol. The van der Waals surface area contributed by atoms with Gasteiger partial charge in [0.1, 0.15) is 7.85 Å². The zero-order valence-corrected chi connectivity index (χ0v) is 10.0. The van der Waals surface area contributed by atoms with E-state index < -0.39 is 0 Å². The van der Waals surface area contributed by atoms with Gasteiger partial charge in [0.25, 0.3) is 0 Å². The largest absolute Gasteiger partial charge is 0.398 e. The molecule has 0 aliphatic heterocycles. The van der Waals surface area contributed by atoms with Gasteiger partial charge in [-0.25, -0.2) is 0 Å². The predicted octanol–water partition coefficient (Wildman–Crippen LogP) is -0.107. The van der Waals surface area contributed by atoms with Crippen molar-refractivity contribution >= 4 is 13.5 Å². The van der Waals surface area contributed by atoms with Crippen LogP contribution in [-0.4, -0.2) is 20.5 Å². The normalized spacial score (nSPS) is 14.9. The summed E-state index contributed by atoms with van der Waals surface area (Å²) in [5.74, 6) is 0.